The fraction of sp³-hybridized carbons (Fsp3) is 0.577. The zero-order valence-electron chi connectivity index (χ0n) is 40.5. The third-order valence-corrected chi connectivity index (χ3v) is 12.6. The highest BCUT2D eigenvalue weighted by Gasteiger charge is 2.28. The van der Waals surface area contributed by atoms with Crippen LogP contribution in [0.25, 0.3) is 0 Å². The zero-order chi connectivity index (χ0) is 47.9. The summed E-state index contributed by atoms with van der Waals surface area (Å²) in [7, 11) is 0. The van der Waals surface area contributed by atoms with Crippen molar-refractivity contribution in [3.63, 3.8) is 0 Å². The Hall–Kier alpha value is -4.16. The molecular formula is C52H74O10S2. The molecule has 0 amide bonds. The molecule has 0 aliphatic carbocycles. The first-order valence-electron chi connectivity index (χ1n) is 22.4. The standard InChI is InChI=1S/C52H74O10S2/c1-49(2,3)39-31-35(32-40(45(39)55)50(4,5)6)19-21-43(53)59-25-29-63-27-15-23-61-47(57)37-17-13-14-18-38(37)48(58)62-24-16-28-64-30-26-60-44(54)22-20-36-33-41(51(7,8)9)46(56)42(34-36)52(10,11)12/h13-14,17-18,31-34,55-56H,15-16,19-30H2,1-12H3. The molecule has 0 unspecified atom stereocenters. The molecule has 64 heavy (non-hydrogen) atoms. The van der Waals surface area contributed by atoms with Crippen LogP contribution in [0.1, 0.15) is 163 Å². The monoisotopic (exact) mass is 922 g/mol. The Morgan fingerprint density at radius 2 is 0.781 bits per heavy atom. The second-order valence-electron chi connectivity index (χ2n) is 20.3. The van der Waals surface area contributed by atoms with Gasteiger partial charge in [0.05, 0.1) is 24.3 Å². The van der Waals surface area contributed by atoms with Crippen molar-refractivity contribution in [1.29, 1.82) is 0 Å². The van der Waals surface area contributed by atoms with Gasteiger partial charge in [-0.1, -0.05) is 119 Å². The van der Waals surface area contributed by atoms with Crippen LogP contribution < -0.4 is 0 Å². The van der Waals surface area contributed by atoms with E-state index in [4.69, 9.17) is 18.9 Å². The Morgan fingerprint density at radius 3 is 1.08 bits per heavy atom. The summed E-state index contributed by atoms with van der Waals surface area (Å²) in [6.45, 7) is 25.7. The van der Waals surface area contributed by atoms with E-state index in [0.29, 0.717) is 60.2 Å². The molecule has 3 aromatic rings. The predicted molar refractivity (Wildman–Crippen MR) is 260 cm³/mol. The van der Waals surface area contributed by atoms with Crippen LogP contribution in [0.5, 0.6) is 11.5 Å². The molecule has 0 aromatic heterocycles. The maximum Gasteiger partial charge on any atom is 0.339 e. The number of rotatable bonds is 22. The largest absolute Gasteiger partial charge is 0.507 e. The molecule has 0 heterocycles. The van der Waals surface area contributed by atoms with Crippen LogP contribution in [0.2, 0.25) is 0 Å². The minimum Gasteiger partial charge on any atom is -0.507 e. The van der Waals surface area contributed by atoms with Crippen LogP contribution in [-0.4, -0.2) is 83.5 Å². The lowest BCUT2D eigenvalue weighted by atomic mass is 9.78. The van der Waals surface area contributed by atoms with E-state index < -0.39 is 11.9 Å². The summed E-state index contributed by atoms with van der Waals surface area (Å²) in [6.07, 6.45) is 2.73. The van der Waals surface area contributed by atoms with Gasteiger partial charge in [0.15, 0.2) is 0 Å². The number of hydrogen-bond acceptors (Lipinski definition) is 12. The van der Waals surface area contributed by atoms with Gasteiger partial charge in [-0.25, -0.2) is 9.59 Å². The summed E-state index contributed by atoms with van der Waals surface area (Å²) in [5.74, 6) is 1.54. The van der Waals surface area contributed by atoms with Gasteiger partial charge in [0, 0.05) is 24.3 Å². The number of thioether (sulfide) groups is 2. The molecule has 0 aliphatic rings. The molecule has 2 N–H and O–H groups in total. The average molecular weight is 923 g/mol. The van der Waals surface area contributed by atoms with E-state index in [1.807, 2.05) is 24.3 Å². The maximum absolute atomic E-state index is 12.9. The number of carbonyl (C=O) groups excluding carboxylic acids is 4. The van der Waals surface area contributed by atoms with Gasteiger partial charge in [0.2, 0.25) is 0 Å². The number of carbonyl (C=O) groups is 4. The van der Waals surface area contributed by atoms with Crippen molar-refractivity contribution in [1.82, 2.24) is 0 Å². The van der Waals surface area contributed by atoms with Gasteiger partial charge in [-0.05, 0) is 104 Å². The van der Waals surface area contributed by atoms with E-state index in [2.05, 4.69) is 83.1 Å². The quantitative estimate of drug-likeness (QED) is 0.0562. The lowest BCUT2D eigenvalue weighted by Gasteiger charge is -2.28. The van der Waals surface area contributed by atoms with Crippen LogP contribution in [0.3, 0.4) is 0 Å². The van der Waals surface area contributed by atoms with Gasteiger partial charge in [0.25, 0.3) is 0 Å². The van der Waals surface area contributed by atoms with Gasteiger partial charge in [-0.15, -0.1) is 0 Å². The number of hydrogen-bond donors (Lipinski definition) is 2. The molecule has 3 aromatic carbocycles. The molecule has 12 heteroatoms. The Morgan fingerprint density at radius 1 is 0.469 bits per heavy atom. The van der Waals surface area contributed by atoms with Crippen LogP contribution in [-0.2, 0) is 63.0 Å². The smallest absolute Gasteiger partial charge is 0.339 e. The second kappa shape index (κ2) is 24.4. The molecule has 3 rings (SSSR count). The molecule has 0 saturated heterocycles. The van der Waals surface area contributed by atoms with Crippen molar-refractivity contribution in [2.75, 3.05) is 49.4 Å². The van der Waals surface area contributed by atoms with E-state index >= 15 is 0 Å². The molecular weight excluding hydrogens is 849 g/mol. The number of esters is 4. The van der Waals surface area contributed by atoms with Crippen LogP contribution >= 0.6 is 23.5 Å². The van der Waals surface area contributed by atoms with Crippen molar-refractivity contribution >= 4 is 47.4 Å². The van der Waals surface area contributed by atoms with Crippen molar-refractivity contribution < 1.29 is 48.3 Å². The molecule has 0 atom stereocenters. The van der Waals surface area contributed by atoms with E-state index in [9.17, 15) is 29.4 Å². The van der Waals surface area contributed by atoms with Crippen LogP contribution in [0, 0.1) is 0 Å². The summed E-state index contributed by atoms with van der Waals surface area (Å²) < 4.78 is 21.9. The van der Waals surface area contributed by atoms with E-state index in [1.165, 1.54) is 0 Å². The molecule has 0 spiro atoms. The maximum atomic E-state index is 12.9. The molecule has 0 radical (unpaired) electrons. The SMILES string of the molecule is CC(C)(C)c1cc(CCC(=O)OCCSCCCOC(=O)c2ccccc2C(=O)OCCCSCCOC(=O)CCc2cc(C(C)(C)C)c(O)c(C(C)(C)C)c2)cc(C(C)(C)C)c1O. The van der Waals surface area contributed by atoms with Gasteiger partial charge < -0.3 is 29.2 Å². The summed E-state index contributed by atoms with van der Waals surface area (Å²) in [6, 6.07) is 14.4. The highest BCUT2D eigenvalue weighted by molar-refractivity contribution is 7.99. The number of phenolic OH excluding ortho intramolecular Hbond substituents is 2. The first-order chi connectivity index (χ1) is 29.8. The highest BCUT2D eigenvalue weighted by Crippen LogP contribution is 2.41. The summed E-state index contributed by atoms with van der Waals surface area (Å²) >= 11 is 3.19. The Balaban J connectivity index is 1.28. The first-order valence-corrected chi connectivity index (χ1v) is 24.7. The molecule has 10 nitrogen and oxygen atoms in total. The molecule has 0 bridgehead atoms. The first kappa shape index (κ1) is 54.2. The number of benzene rings is 3. The summed E-state index contributed by atoms with van der Waals surface area (Å²) in [5, 5.41) is 21.9. The van der Waals surface area contributed by atoms with Crippen molar-refractivity contribution in [2.24, 2.45) is 0 Å². The highest BCUT2D eigenvalue weighted by atomic mass is 32.2. The molecule has 0 saturated carbocycles. The van der Waals surface area contributed by atoms with Crippen molar-refractivity contribution in [3.05, 3.63) is 93.0 Å². The van der Waals surface area contributed by atoms with Crippen molar-refractivity contribution in [2.45, 2.75) is 143 Å². The van der Waals surface area contributed by atoms with Crippen LogP contribution in [0.15, 0.2) is 48.5 Å². The Labute approximate surface area is 391 Å². The lowest BCUT2D eigenvalue weighted by molar-refractivity contribution is -0.143. The van der Waals surface area contributed by atoms with Gasteiger partial charge in [0.1, 0.15) is 24.7 Å². The average Bonchev–Trinajstić information content (AvgIpc) is 3.19. The number of ether oxygens (including phenoxy) is 4. The third kappa shape index (κ3) is 17.7. The Kier molecular flexibility index (Phi) is 20.6. The topological polar surface area (TPSA) is 146 Å². The van der Waals surface area contributed by atoms with Gasteiger partial charge in [-0.2, -0.15) is 23.5 Å². The predicted octanol–water partition coefficient (Wildman–Crippen LogP) is 11.2. The third-order valence-electron chi connectivity index (χ3n) is 10.5. The minimum absolute atomic E-state index is 0.148. The fourth-order valence-electron chi connectivity index (χ4n) is 6.88. The number of aryl methyl sites for hydroxylation is 2. The summed E-state index contributed by atoms with van der Waals surface area (Å²) in [4.78, 5) is 50.8. The molecule has 0 fully saturated rings. The zero-order valence-corrected chi connectivity index (χ0v) is 42.1. The second-order valence-corrected chi connectivity index (χ2v) is 22.7. The van der Waals surface area contributed by atoms with Gasteiger partial charge >= 0.3 is 23.9 Å². The fourth-order valence-corrected chi connectivity index (χ4v) is 8.34. The molecule has 354 valence electrons. The van der Waals surface area contributed by atoms with Gasteiger partial charge in [-0.3, -0.25) is 9.59 Å². The lowest BCUT2D eigenvalue weighted by Crippen LogP contribution is -2.18. The van der Waals surface area contributed by atoms with E-state index in [0.717, 1.165) is 33.4 Å². The molecule has 0 aliphatic heterocycles. The van der Waals surface area contributed by atoms with Crippen LogP contribution in [0.4, 0.5) is 0 Å². The Bertz CT molecular complexity index is 1810. The van der Waals surface area contributed by atoms with E-state index in [-0.39, 0.29) is 84.0 Å². The number of aromatic hydroxyl groups is 2. The summed E-state index contributed by atoms with van der Waals surface area (Å²) in [5.41, 5.74) is 4.80. The van der Waals surface area contributed by atoms with Crippen molar-refractivity contribution in [3.8, 4) is 11.5 Å². The normalized spacial score (nSPS) is 12.2. The minimum atomic E-state index is -0.596. The van der Waals surface area contributed by atoms with E-state index in [1.54, 1.807) is 47.8 Å². The number of phenols is 2.